The van der Waals surface area contributed by atoms with Crippen LogP contribution < -0.4 is 5.32 Å². The second-order valence-electron chi connectivity index (χ2n) is 7.10. The van der Waals surface area contributed by atoms with Gasteiger partial charge in [0.05, 0.1) is 5.69 Å². The van der Waals surface area contributed by atoms with Crippen molar-refractivity contribution >= 4 is 0 Å². The van der Waals surface area contributed by atoms with Crippen LogP contribution >= 0.6 is 0 Å². The van der Waals surface area contributed by atoms with Gasteiger partial charge in [0, 0.05) is 37.8 Å². The van der Waals surface area contributed by atoms with E-state index in [2.05, 4.69) is 76.7 Å². The Morgan fingerprint density at radius 1 is 1.12 bits per heavy atom. The Labute approximate surface area is 154 Å². The molecule has 0 bridgehead atoms. The van der Waals surface area contributed by atoms with Gasteiger partial charge in [-0.2, -0.15) is 0 Å². The number of nitrogens with one attached hydrogen (secondary N) is 1. The summed E-state index contributed by atoms with van der Waals surface area (Å²) in [7, 11) is 0. The fraction of sp³-hybridized carbons (Fsp3) is 0.318. The van der Waals surface area contributed by atoms with Crippen LogP contribution in [0.15, 0.2) is 65.3 Å². The molecule has 2 heterocycles. The predicted octanol–water partition coefficient (Wildman–Crippen LogP) is 4.01. The van der Waals surface area contributed by atoms with Gasteiger partial charge >= 0.3 is 0 Å². The van der Waals surface area contributed by atoms with Crippen molar-refractivity contribution in [2.24, 2.45) is 0 Å². The molecule has 3 aromatic rings. The van der Waals surface area contributed by atoms with Gasteiger partial charge in [0.15, 0.2) is 0 Å². The highest BCUT2D eigenvalue weighted by atomic mass is 16.3. The lowest BCUT2D eigenvalue weighted by Crippen LogP contribution is -2.32. The number of nitrogens with zero attached hydrogens (tertiary/aromatic N) is 2. The fourth-order valence-corrected chi connectivity index (χ4v) is 3.45. The first kappa shape index (κ1) is 17.0. The molecule has 1 aliphatic heterocycles. The van der Waals surface area contributed by atoms with Gasteiger partial charge in [-0.3, -0.25) is 4.90 Å². The molecule has 0 aliphatic carbocycles. The van der Waals surface area contributed by atoms with Crippen molar-refractivity contribution in [2.75, 3.05) is 13.1 Å². The molecule has 4 heteroatoms. The summed E-state index contributed by atoms with van der Waals surface area (Å²) >= 11 is 0. The molecule has 134 valence electrons. The number of hydrogen-bond donors (Lipinski definition) is 1. The first-order valence-electron chi connectivity index (χ1n) is 9.27. The van der Waals surface area contributed by atoms with Gasteiger partial charge in [0.1, 0.15) is 6.26 Å². The number of hydrogen-bond acceptors (Lipinski definition) is 4. The van der Waals surface area contributed by atoms with Gasteiger partial charge in [-0.15, -0.1) is 0 Å². The van der Waals surface area contributed by atoms with E-state index in [1.54, 1.807) is 6.26 Å². The minimum Gasteiger partial charge on any atom is -0.444 e. The molecular formula is C22H25N3O. The van der Waals surface area contributed by atoms with Crippen molar-refractivity contribution in [1.29, 1.82) is 0 Å². The van der Waals surface area contributed by atoms with Crippen LogP contribution in [0.5, 0.6) is 0 Å². The van der Waals surface area contributed by atoms with Crippen LogP contribution in [-0.4, -0.2) is 29.0 Å². The fourth-order valence-electron chi connectivity index (χ4n) is 3.45. The predicted molar refractivity (Wildman–Crippen MR) is 104 cm³/mol. The van der Waals surface area contributed by atoms with Crippen LogP contribution in [0.1, 0.15) is 23.2 Å². The minimum absolute atomic E-state index is 0.512. The number of rotatable bonds is 6. The second kappa shape index (κ2) is 7.85. The van der Waals surface area contributed by atoms with Crippen LogP contribution in [0.4, 0.5) is 0 Å². The molecule has 1 saturated heterocycles. The van der Waals surface area contributed by atoms with E-state index in [9.17, 15) is 0 Å². The average molecular weight is 347 g/mol. The van der Waals surface area contributed by atoms with Crippen LogP contribution in [0.3, 0.4) is 0 Å². The Hall–Kier alpha value is -2.43. The largest absolute Gasteiger partial charge is 0.444 e. The Bertz CT molecular complexity index is 826. The Balaban J connectivity index is 1.28. The van der Waals surface area contributed by atoms with E-state index in [4.69, 9.17) is 4.42 Å². The topological polar surface area (TPSA) is 41.3 Å². The molecule has 1 fully saturated rings. The van der Waals surface area contributed by atoms with Crippen molar-refractivity contribution in [2.45, 2.75) is 32.5 Å². The Kier molecular flexibility index (Phi) is 5.14. The highest BCUT2D eigenvalue weighted by Crippen LogP contribution is 2.19. The van der Waals surface area contributed by atoms with Crippen molar-refractivity contribution in [1.82, 2.24) is 15.2 Å². The maximum Gasteiger partial charge on any atom is 0.226 e. The molecule has 0 saturated carbocycles. The summed E-state index contributed by atoms with van der Waals surface area (Å²) < 4.78 is 5.64. The van der Waals surface area contributed by atoms with E-state index < -0.39 is 0 Å². The molecule has 4 rings (SSSR count). The molecule has 26 heavy (non-hydrogen) atoms. The summed E-state index contributed by atoms with van der Waals surface area (Å²) in [6, 6.07) is 19.5. The minimum atomic E-state index is 0.512. The van der Waals surface area contributed by atoms with Crippen molar-refractivity contribution in [3.05, 3.63) is 77.7 Å². The van der Waals surface area contributed by atoms with E-state index in [1.165, 1.54) is 17.5 Å². The maximum absolute atomic E-state index is 5.64. The van der Waals surface area contributed by atoms with Crippen molar-refractivity contribution in [3.63, 3.8) is 0 Å². The maximum atomic E-state index is 5.64. The van der Waals surface area contributed by atoms with E-state index in [0.29, 0.717) is 11.9 Å². The van der Waals surface area contributed by atoms with Gasteiger partial charge in [0.25, 0.3) is 0 Å². The summed E-state index contributed by atoms with van der Waals surface area (Å²) in [5.74, 6) is 0.693. The number of oxazole rings is 1. The number of benzene rings is 2. The molecule has 0 amide bonds. The highest BCUT2D eigenvalue weighted by molar-refractivity contribution is 5.53. The van der Waals surface area contributed by atoms with E-state index in [-0.39, 0.29) is 0 Å². The summed E-state index contributed by atoms with van der Waals surface area (Å²) in [5, 5.41) is 3.62. The quantitative estimate of drug-likeness (QED) is 0.731. The van der Waals surface area contributed by atoms with Crippen LogP contribution in [0.2, 0.25) is 0 Å². The second-order valence-corrected chi connectivity index (χ2v) is 7.10. The summed E-state index contributed by atoms with van der Waals surface area (Å²) in [6.07, 6.45) is 2.94. The van der Waals surface area contributed by atoms with Crippen molar-refractivity contribution < 1.29 is 4.42 Å². The number of aryl methyl sites for hydroxylation is 1. The van der Waals surface area contributed by atoms with Crippen molar-refractivity contribution in [3.8, 4) is 11.5 Å². The van der Waals surface area contributed by atoms with E-state index in [0.717, 1.165) is 37.4 Å². The third-order valence-corrected chi connectivity index (χ3v) is 4.94. The lowest BCUT2D eigenvalue weighted by molar-refractivity contribution is 0.319. The average Bonchev–Trinajstić information content (AvgIpc) is 3.31. The molecule has 1 aromatic heterocycles. The normalized spacial score (nSPS) is 17.7. The third-order valence-electron chi connectivity index (χ3n) is 4.94. The van der Waals surface area contributed by atoms with Gasteiger partial charge in [-0.1, -0.05) is 48.0 Å². The molecular weight excluding hydrogens is 322 g/mol. The number of likely N-dealkylation sites (tertiary alicyclic amines) is 1. The zero-order valence-electron chi connectivity index (χ0n) is 15.2. The third kappa shape index (κ3) is 4.21. The standard InChI is InChI=1S/C22H25N3O/c1-17-7-9-19(10-8-17)22-24-21(16-26-22)13-23-20-11-12-25(15-20)14-18-5-3-2-4-6-18/h2-10,16,20,23H,11-15H2,1H3. The Morgan fingerprint density at radius 2 is 1.92 bits per heavy atom. The molecule has 2 aromatic carbocycles. The first-order chi connectivity index (χ1) is 12.8. The molecule has 0 radical (unpaired) electrons. The van der Waals surface area contributed by atoms with Crippen LogP contribution in [-0.2, 0) is 13.1 Å². The number of aromatic nitrogens is 1. The lowest BCUT2D eigenvalue weighted by atomic mass is 10.1. The smallest absolute Gasteiger partial charge is 0.226 e. The van der Waals surface area contributed by atoms with Gasteiger partial charge in [0.2, 0.25) is 5.89 Å². The van der Waals surface area contributed by atoms with Gasteiger partial charge < -0.3 is 9.73 Å². The zero-order valence-corrected chi connectivity index (χ0v) is 15.2. The highest BCUT2D eigenvalue weighted by Gasteiger charge is 2.22. The molecule has 1 unspecified atom stereocenters. The van der Waals surface area contributed by atoms with Crippen LogP contribution in [0.25, 0.3) is 11.5 Å². The lowest BCUT2D eigenvalue weighted by Gasteiger charge is -2.16. The Morgan fingerprint density at radius 3 is 2.73 bits per heavy atom. The van der Waals surface area contributed by atoms with E-state index in [1.807, 2.05) is 0 Å². The summed E-state index contributed by atoms with van der Waals surface area (Å²) in [6.45, 7) is 6.08. The zero-order chi connectivity index (χ0) is 17.8. The van der Waals surface area contributed by atoms with Crippen LogP contribution in [0, 0.1) is 6.92 Å². The molecule has 1 aliphatic rings. The molecule has 1 atom stereocenters. The van der Waals surface area contributed by atoms with Gasteiger partial charge in [-0.25, -0.2) is 4.98 Å². The SMILES string of the molecule is Cc1ccc(-c2nc(CNC3CCN(Cc4ccccc4)C3)co2)cc1. The molecule has 4 nitrogen and oxygen atoms in total. The molecule has 1 N–H and O–H groups in total. The van der Waals surface area contributed by atoms with E-state index >= 15 is 0 Å². The summed E-state index contributed by atoms with van der Waals surface area (Å²) in [5.41, 5.74) is 4.61. The monoisotopic (exact) mass is 347 g/mol. The summed E-state index contributed by atoms with van der Waals surface area (Å²) in [4.78, 5) is 7.12. The molecule has 0 spiro atoms. The first-order valence-corrected chi connectivity index (χ1v) is 9.27. The van der Waals surface area contributed by atoms with Gasteiger partial charge in [-0.05, 0) is 31.0 Å².